The van der Waals surface area contributed by atoms with Gasteiger partial charge in [-0.15, -0.1) is 11.3 Å². The molecule has 0 aliphatic carbocycles. The molecule has 0 amide bonds. The van der Waals surface area contributed by atoms with Gasteiger partial charge in [0.2, 0.25) is 0 Å². The van der Waals surface area contributed by atoms with Crippen molar-refractivity contribution in [1.82, 2.24) is 0 Å². The summed E-state index contributed by atoms with van der Waals surface area (Å²) in [7, 11) is 0. The van der Waals surface area contributed by atoms with Gasteiger partial charge in [0, 0.05) is 10.6 Å². The van der Waals surface area contributed by atoms with Gasteiger partial charge < -0.3 is 10.5 Å². The zero-order valence-electron chi connectivity index (χ0n) is 9.15. The standard InChI is InChI=1S/C12H9ClFNO2S/c13-11-2-1-10(18-11)6-17-12(16)7-3-8(14)5-9(15)4-7/h1-5H,6,15H2. The first kappa shape index (κ1) is 12.9. The van der Waals surface area contributed by atoms with Crippen LogP contribution in [0.5, 0.6) is 0 Å². The maximum atomic E-state index is 13.1. The molecule has 6 heteroatoms. The highest BCUT2D eigenvalue weighted by molar-refractivity contribution is 7.16. The summed E-state index contributed by atoms with van der Waals surface area (Å²) in [6, 6.07) is 7.07. The molecule has 1 aromatic heterocycles. The van der Waals surface area contributed by atoms with Crippen molar-refractivity contribution in [2.75, 3.05) is 5.73 Å². The number of hydrogen-bond donors (Lipinski definition) is 1. The van der Waals surface area contributed by atoms with Crippen LogP contribution in [-0.2, 0) is 11.3 Å². The van der Waals surface area contributed by atoms with E-state index in [9.17, 15) is 9.18 Å². The van der Waals surface area contributed by atoms with Gasteiger partial charge in [-0.05, 0) is 30.3 Å². The molecule has 2 aromatic rings. The summed E-state index contributed by atoms with van der Waals surface area (Å²) in [6.45, 7) is 0.104. The molecule has 0 fully saturated rings. The first-order chi connectivity index (χ1) is 8.54. The second-order valence-electron chi connectivity index (χ2n) is 3.56. The summed E-state index contributed by atoms with van der Waals surface area (Å²) >= 11 is 7.07. The topological polar surface area (TPSA) is 52.3 Å². The monoisotopic (exact) mass is 285 g/mol. The number of thiophene rings is 1. The van der Waals surface area contributed by atoms with Crippen LogP contribution in [0.1, 0.15) is 15.2 Å². The molecule has 0 unspecified atom stereocenters. The number of carbonyl (C=O) groups excluding carboxylic acids is 1. The molecule has 0 atom stereocenters. The summed E-state index contributed by atoms with van der Waals surface area (Å²) in [6.07, 6.45) is 0. The molecule has 0 spiro atoms. The van der Waals surface area contributed by atoms with Crippen LogP contribution in [0.2, 0.25) is 4.34 Å². The minimum absolute atomic E-state index is 0.0927. The van der Waals surface area contributed by atoms with E-state index in [1.54, 1.807) is 12.1 Å². The Bertz CT molecular complexity index is 565. The average molecular weight is 286 g/mol. The molecule has 2 N–H and O–H groups in total. The smallest absolute Gasteiger partial charge is 0.338 e. The number of anilines is 1. The van der Waals surface area contributed by atoms with Crippen LogP contribution in [0.25, 0.3) is 0 Å². The van der Waals surface area contributed by atoms with Crippen LogP contribution in [0.15, 0.2) is 30.3 Å². The summed E-state index contributed by atoms with van der Waals surface area (Å²) in [4.78, 5) is 12.5. The zero-order chi connectivity index (χ0) is 13.1. The Morgan fingerprint density at radius 1 is 1.39 bits per heavy atom. The van der Waals surface area contributed by atoms with Crippen LogP contribution in [0.3, 0.4) is 0 Å². The van der Waals surface area contributed by atoms with Gasteiger partial charge >= 0.3 is 5.97 Å². The second kappa shape index (κ2) is 5.37. The largest absolute Gasteiger partial charge is 0.456 e. The molecule has 3 nitrogen and oxygen atoms in total. The normalized spacial score (nSPS) is 10.3. The fraction of sp³-hybridized carbons (Fsp3) is 0.0833. The van der Waals surface area contributed by atoms with E-state index in [1.165, 1.54) is 17.4 Å². The number of carbonyl (C=O) groups is 1. The fourth-order valence-electron chi connectivity index (χ4n) is 1.38. The highest BCUT2D eigenvalue weighted by Crippen LogP contribution is 2.22. The number of ether oxygens (including phenoxy) is 1. The van der Waals surface area contributed by atoms with Gasteiger partial charge in [-0.25, -0.2) is 9.18 Å². The Hall–Kier alpha value is -1.59. The highest BCUT2D eigenvalue weighted by Gasteiger charge is 2.10. The van der Waals surface area contributed by atoms with Crippen molar-refractivity contribution in [3.05, 3.63) is 50.9 Å². The Kier molecular flexibility index (Phi) is 3.84. The second-order valence-corrected chi connectivity index (χ2v) is 5.35. The number of benzene rings is 1. The summed E-state index contributed by atoms with van der Waals surface area (Å²) in [5, 5.41) is 0. The van der Waals surface area contributed by atoms with Crippen molar-refractivity contribution in [2.24, 2.45) is 0 Å². The molecule has 0 radical (unpaired) electrons. The zero-order valence-corrected chi connectivity index (χ0v) is 10.7. The van der Waals surface area contributed by atoms with Crippen LogP contribution in [0, 0.1) is 5.82 Å². The summed E-state index contributed by atoms with van der Waals surface area (Å²) in [5.41, 5.74) is 5.72. The Morgan fingerprint density at radius 2 is 2.17 bits per heavy atom. The number of hydrogen-bond acceptors (Lipinski definition) is 4. The van der Waals surface area contributed by atoms with Crippen LogP contribution >= 0.6 is 22.9 Å². The van der Waals surface area contributed by atoms with Crippen molar-refractivity contribution >= 4 is 34.6 Å². The first-order valence-corrected chi connectivity index (χ1v) is 6.21. The van der Waals surface area contributed by atoms with Gasteiger partial charge in [0.15, 0.2) is 0 Å². The van der Waals surface area contributed by atoms with Gasteiger partial charge in [-0.1, -0.05) is 11.6 Å². The van der Waals surface area contributed by atoms with E-state index in [4.69, 9.17) is 22.1 Å². The Morgan fingerprint density at radius 3 is 2.78 bits per heavy atom. The fourth-order valence-corrected chi connectivity index (χ4v) is 2.38. The molecular weight excluding hydrogens is 277 g/mol. The lowest BCUT2D eigenvalue weighted by Crippen LogP contribution is -2.05. The van der Waals surface area contributed by atoms with Crippen molar-refractivity contribution < 1.29 is 13.9 Å². The molecule has 94 valence electrons. The molecule has 2 rings (SSSR count). The number of esters is 1. The summed E-state index contributed by atoms with van der Waals surface area (Å²) < 4.78 is 18.7. The van der Waals surface area contributed by atoms with Crippen molar-refractivity contribution in [3.63, 3.8) is 0 Å². The van der Waals surface area contributed by atoms with Crippen molar-refractivity contribution in [3.8, 4) is 0 Å². The lowest BCUT2D eigenvalue weighted by Gasteiger charge is -2.04. The highest BCUT2D eigenvalue weighted by atomic mass is 35.5. The molecule has 0 aliphatic rings. The van der Waals surface area contributed by atoms with Gasteiger partial charge in [0.05, 0.1) is 9.90 Å². The predicted molar refractivity (Wildman–Crippen MR) is 69.3 cm³/mol. The third-order valence-electron chi connectivity index (χ3n) is 2.13. The molecule has 18 heavy (non-hydrogen) atoms. The van der Waals surface area contributed by atoms with Crippen LogP contribution in [-0.4, -0.2) is 5.97 Å². The van der Waals surface area contributed by atoms with Gasteiger partial charge in [0.1, 0.15) is 12.4 Å². The third-order valence-corrected chi connectivity index (χ3v) is 3.33. The molecule has 1 heterocycles. The van der Waals surface area contributed by atoms with Crippen molar-refractivity contribution in [2.45, 2.75) is 6.61 Å². The number of nitrogen functional groups attached to an aromatic ring is 1. The molecule has 0 bridgehead atoms. The minimum atomic E-state index is -0.620. The quantitative estimate of drug-likeness (QED) is 0.694. The van der Waals surface area contributed by atoms with Gasteiger partial charge in [0.25, 0.3) is 0 Å². The average Bonchev–Trinajstić information content (AvgIpc) is 2.70. The third kappa shape index (κ3) is 3.21. The predicted octanol–water partition coefficient (Wildman–Crippen LogP) is 3.48. The van der Waals surface area contributed by atoms with Crippen LogP contribution < -0.4 is 5.73 Å². The number of rotatable bonds is 3. The maximum absolute atomic E-state index is 13.1. The van der Waals surface area contributed by atoms with E-state index in [1.807, 2.05) is 0 Å². The van der Waals surface area contributed by atoms with Gasteiger partial charge in [-0.3, -0.25) is 0 Å². The van der Waals surface area contributed by atoms with E-state index in [2.05, 4.69) is 0 Å². The Labute approximate surface area is 112 Å². The molecule has 0 aliphatic heterocycles. The number of nitrogens with two attached hydrogens (primary N) is 1. The van der Waals surface area contributed by atoms with E-state index >= 15 is 0 Å². The SMILES string of the molecule is Nc1cc(F)cc(C(=O)OCc2ccc(Cl)s2)c1. The summed E-state index contributed by atoms with van der Waals surface area (Å²) in [5.74, 6) is -1.19. The van der Waals surface area contributed by atoms with Crippen LogP contribution in [0.4, 0.5) is 10.1 Å². The van der Waals surface area contributed by atoms with E-state index in [0.717, 1.165) is 17.0 Å². The minimum Gasteiger partial charge on any atom is -0.456 e. The first-order valence-electron chi connectivity index (χ1n) is 5.02. The van der Waals surface area contributed by atoms with E-state index in [0.29, 0.717) is 4.34 Å². The maximum Gasteiger partial charge on any atom is 0.338 e. The molecule has 0 saturated carbocycles. The van der Waals surface area contributed by atoms with Crippen molar-refractivity contribution in [1.29, 1.82) is 0 Å². The van der Waals surface area contributed by atoms with Gasteiger partial charge in [-0.2, -0.15) is 0 Å². The molecule has 1 aromatic carbocycles. The molecular formula is C12H9ClFNO2S. The number of halogens is 2. The van der Waals surface area contributed by atoms with E-state index < -0.39 is 11.8 Å². The lowest BCUT2D eigenvalue weighted by molar-refractivity contribution is 0.0476. The molecule has 0 saturated heterocycles. The lowest BCUT2D eigenvalue weighted by atomic mass is 10.2. The van der Waals surface area contributed by atoms with E-state index in [-0.39, 0.29) is 17.9 Å². The Balaban J connectivity index is 2.03.